The van der Waals surface area contributed by atoms with Crippen LogP contribution in [0.5, 0.6) is 0 Å². The molecule has 11 heavy (non-hydrogen) atoms. The zero-order valence-corrected chi connectivity index (χ0v) is 7.10. The van der Waals surface area contributed by atoms with Gasteiger partial charge in [-0.25, -0.2) is 4.98 Å². The van der Waals surface area contributed by atoms with Gasteiger partial charge in [0.2, 0.25) is 0 Å². The maximum atomic E-state index is 5.52. The molecule has 2 N–H and O–H groups in total. The number of thiazole rings is 1. The van der Waals surface area contributed by atoms with Crippen LogP contribution in [0.25, 0.3) is 0 Å². The van der Waals surface area contributed by atoms with Crippen molar-refractivity contribution in [3.8, 4) is 0 Å². The number of nitrogens with two attached hydrogens (primary N) is 1. The summed E-state index contributed by atoms with van der Waals surface area (Å²) in [5, 5.41) is 2.98. The van der Waals surface area contributed by atoms with Gasteiger partial charge in [-0.15, -0.1) is 11.3 Å². The van der Waals surface area contributed by atoms with Crippen LogP contribution >= 0.6 is 11.3 Å². The Hall–Kier alpha value is -0.770. The fourth-order valence-electron chi connectivity index (χ4n) is 1.33. The molecule has 0 radical (unpaired) electrons. The van der Waals surface area contributed by atoms with E-state index in [0.717, 1.165) is 18.2 Å². The van der Waals surface area contributed by atoms with E-state index in [1.807, 2.05) is 5.38 Å². The molecule has 0 spiro atoms. The third-order valence-electron chi connectivity index (χ3n) is 1.89. The molecular weight excluding hydrogens is 158 g/mol. The van der Waals surface area contributed by atoms with Crippen LogP contribution in [-0.2, 0) is 0 Å². The van der Waals surface area contributed by atoms with Gasteiger partial charge in [0.1, 0.15) is 5.82 Å². The zero-order chi connectivity index (χ0) is 7.68. The predicted octanol–water partition coefficient (Wildman–Crippen LogP) is 1.33. The molecule has 0 amide bonds. The van der Waals surface area contributed by atoms with Gasteiger partial charge in [-0.1, -0.05) is 0 Å². The lowest BCUT2D eigenvalue weighted by molar-refractivity contribution is 0.949. The number of rotatable bonds is 1. The zero-order valence-electron chi connectivity index (χ0n) is 6.29. The summed E-state index contributed by atoms with van der Waals surface area (Å²) in [7, 11) is 0. The lowest BCUT2D eigenvalue weighted by Gasteiger charge is -2.11. The van der Waals surface area contributed by atoms with Crippen LogP contribution in [-0.4, -0.2) is 18.1 Å². The van der Waals surface area contributed by atoms with Crippen molar-refractivity contribution in [2.75, 3.05) is 23.7 Å². The smallest absolute Gasteiger partial charge is 0.187 e. The Morgan fingerprint density at radius 1 is 1.45 bits per heavy atom. The van der Waals surface area contributed by atoms with Crippen LogP contribution in [0.1, 0.15) is 12.8 Å². The molecule has 0 saturated carbocycles. The highest BCUT2D eigenvalue weighted by Gasteiger charge is 2.14. The average Bonchev–Trinajstić information content (AvgIpc) is 2.55. The molecule has 1 aliphatic heterocycles. The van der Waals surface area contributed by atoms with Gasteiger partial charge in [0, 0.05) is 18.5 Å². The second-order valence-corrected chi connectivity index (χ2v) is 3.59. The highest BCUT2D eigenvalue weighted by molar-refractivity contribution is 7.14. The van der Waals surface area contributed by atoms with Gasteiger partial charge >= 0.3 is 0 Å². The molecule has 0 aliphatic carbocycles. The van der Waals surface area contributed by atoms with Crippen LogP contribution in [0, 0.1) is 0 Å². The van der Waals surface area contributed by atoms with Crippen molar-refractivity contribution in [1.29, 1.82) is 0 Å². The topological polar surface area (TPSA) is 42.1 Å². The van der Waals surface area contributed by atoms with Crippen molar-refractivity contribution in [2.45, 2.75) is 12.8 Å². The maximum absolute atomic E-state index is 5.52. The normalized spacial score (nSPS) is 17.6. The molecule has 0 aromatic carbocycles. The van der Waals surface area contributed by atoms with Crippen LogP contribution in [0.2, 0.25) is 0 Å². The number of aromatic nitrogens is 1. The molecule has 1 aromatic rings. The second-order valence-electron chi connectivity index (χ2n) is 2.75. The Morgan fingerprint density at radius 2 is 2.18 bits per heavy atom. The standard InChI is InChI=1S/C7H11N3S/c8-6-5-11-7(9-6)10-3-1-2-4-10/h5H,1-4,8H2. The fourth-order valence-corrected chi connectivity index (χ4v) is 2.10. The molecular formula is C7H11N3S. The fraction of sp³-hybridized carbons (Fsp3) is 0.571. The van der Waals surface area contributed by atoms with Crippen molar-refractivity contribution in [3.63, 3.8) is 0 Å². The molecule has 1 aromatic heterocycles. The number of anilines is 2. The number of hydrogen-bond acceptors (Lipinski definition) is 4. The summed E-state index contributed by atoms with van der Waals surface area (Å²) in [5.74, 6) is 0.650. The summed E-state index contributed by atoms with van der Waals surface area (Å²) in [6, 6.07) is 0. The molecule has 1 saturated heterocycles. The number of hydrogen-bond donors (Lipinski definition) is 1. The van der Waals surface area contributed by atoms with E-state index in [1.165, 1.54) is 12.8 Å². The van der Waals surface area contributed by atoms with E-state index in [0.29, 0.717) is 5.82 Å². The van der Waals surface area contributed by atoms with Crippen LogP contribution in [0.3, 0.4) is 0 Å². The van der Waals surface area contributed by atoms with Crippen LogP contribution in [0.4, 0.5) is 10.9 Å². The van der Waals surface area contributed by atoms with Gasteiger partial charge in [0.05, 0.1) is 0 Å². The van der Waals surface area contributed by atoms with Gasteiger partial charge in [0.15, 0.2) is 5.13 Å². The summed E-state index contributed by atoms with van der Waals surface area (Å²) in [6.07, 6.45) is 2.58. The van der Waals surface area contributed by atoms with E-state index < -0.39 is 0 Å². The number of nitrogens with zero attached hydrogens (tertiary/aromatic N) is 2. The second kappa shape index (κ2) is 2.70. The van der Waals surface area contributed by atoms with E-state index in [1.54, 1.807) is 11.3 Å². The van der Waals surface area contributed by atoms with E-state index in [-0.39, 0.29) is 0 Å². The van der Waals surface area contributed by atoms with E-state index in [9.17, 15) is 0 Å². The van der Waals surface area contributed by atoms with E-state index in [2.05, 4.69) is 9.88 Å². The first-order valence-electron chi connectivity index (χ1n) is 3.82. The van der Waals surface area contributed by atoms with Gasteiger partial charge in [0.25, 0.3) is 0 Å². The van der Waals surface area contributed by atoms with Crippen molar-refractivity contribution < 1.29 is 0 Å². The Labute approximate surface area is 69.8 Å². The molecule has 60 valence electrons. The van der Waals surface area contributed by atoms with Gasteiger partial charge in [-0.2, -0.15) is 0 Å². The molecule has 3 nitrogen and oxygen atoms in total. The Morgan fingerprint density at radius 3 is 2.73 bits per heavy atom. The third kappa shape index (κ3) is 1.30. The molecule has 4 heteroatoms. The minimum absolute atomic E-state index is 0.650. The Bertz CT molecular complexity index is 240. The molecule has 1 fully saturated rings. The van der Waals surface area contributed by atoms with E-state index in [4.69, 9.17) is 5.73 Å². The molecule has 2 rings (SSSR count). The molecule has 1 aliphatic rings. The first-order chi connectivity index (χ1) is 5.36. The molecule has 0 atom stereocenters. The first kappa shape index (κ1) is 6.91. The highest BCUT2D eigenvalue weighted by Crippen LogP contribution is 2.24. The lowest BCUT2D eigenvalue weighted by Crippen LogP contribution is -2.17. The van der Waals surface area contributed by atoms with Gasteiger partial charge in [-0.05, 0) is 12.8 Å². The first-order valence-corrected chi connectivity index (χ1v) is 4.70. The van der Waals surface area contributed by atoms with E-state index >= 15 is 0 Å². The third-order valence-corrected chi connectivity index (χ3v) is 2.81. The van der Waals surface area contributed by atoms with Crippen LogP contribution < -0.4 is 10.6 Å². The summed E-state index contributed by atoms with van der Waals surface area (Å²) >= 11 is 1.64. The Kier molecular flexibility index (Phi) is 1.69. The van der Waals surface area contributed by atoms with Crippen molar-refractivity contribution in [2.24, 2.45) is 0 Å². The van der Waals surface area contributed by atoms with Gasteiger partial charge < -0.3 is 10.6 Å². The predicted molar refractivity (Wildman–Crippen MR) is 48.0 cm³/mol. The minimum atomic E-state index is 0.650. The van der Waals surface area contributed by atoms with Gasteiger partial charge in [-0.3, -0.25) is 0 Å². The maximum Gasteiger partial charge on any atom is 0.187 e. The largest absolute Gasteiger partial charge is 0.383 e. The lowest BCUT2D eigenvalue weighted by atomic mass is 10.4. The quantitative estimate of drug-likeness (QED) is 0.689. The SMILES string of the molecule is Nc1csc(N2CCCC2)n1. The average molecular weight is 169 g/mol. The summed E-state index contributed by atoms with van der Waals surface area (Å²) in [5.41, 5.74) is 5.52. The molecule has 0 unspecified atom stereocenters. The summed E-state index contributed by atoms with van der Waals surface area (Å²) in [6.45, 7) is 2.29. The van der Waals surface area contributed by atoms with Crippen molar-refractivity contribution >= 4 is 22.3 Å². The summed E-state index contributed by atoms with van der Waals surface area (Å²) in [4.78, 5) is 6.51. The highest BCUT2D eigenvalue weighted by atomic mass is 32.1. The molecule has 2 heterocycles. The van der Waals surface area contributed by atoms with Crippen LogP contribution in [0.15, 0.2) is 5.38 Å². The monoisotopic (exact) mass is 169 g/mol. The van der Waals surface area contributed by atoms with Crippen molar-refractivity contribution in [3.05, 3.63) is 5.38 Å². The minimum Gasteiger partial charge on any atom is -0.383 e. The Balaban J connectivity index is 2.15. The van der Waals surface area contributed by atoms with Crippen molar-refractivity contribution in [1.82, 2.24) is 4.98 Å². The molecule has 0 bridgehead atoms. The number of nitrogen functional groups attached to an aromatic ring is 1. The summed E-state index contributed by atoms with van der Waals surface area (Å²) < 4.78 is 0.